The Balaban J connectivity index is 1.52. The molecule has 0 bridgehead atoms. The highest BCUT2D eigenvalue weighted by molar-refractivity contribution is 5.88. The van der Waals surface area contributed by atoms with E-state index in [4.69, 9.17) is 4.74 Å². The number of aromatic amines is 1. The lowest BCUT2D eigenvalue weighted by Crippen LogP contribution is -2.57. The molecule has 0 aliphatic carbocycles. The van der Waals surface area contributed by atoms with Gasteiger partial charge in [-0.1, -0.05) is 32.0 Å². The molecule has 1 aromatic carbocycles. The molecular formula is C22H29N4O3+. The van der Waals surface area contributed by atoms with Gasteiger partial charge in [0.25, 0.3) is 5.91 Å². The van der Waals surface area contributed by atoms with Gasteiger partial charge in [0.15, 0.2) is 19.0 Å². The third-order valence-corrected chi connectivity index (χ3v) is 5.02. The number of piperazine rings is 1. The zero-order valence-corrected chi connectivity index (χ0v) is 17.0. The van der Waals surface area contributed by atoms with Gasteiger partial charge in [-0.2, -0.15) is 0 Å². The molecule has 2 aromatic rings. The van der Waals surface area contributed by atoms with E-state index < -0.39 is 6.04 Å². The van der Waals surface area contributed by atoms with E-state index in [-0.39, 0.29) is 24.3 Å². The Morgan fingerprint density at radius 2 is 1.69 bits per heavy atom. The molecule has 1 saturated heterocycles. The van der Waals surface area contributed by atoms with Crippen molar-refractivity contribution in [2.75, 3.05) is 37.7 Å². The van der Waals surface area contributed by atoms with Crippen LogP contribution in [0.2, 0.25) is 0 Å². The van der Waals surface area contributed by atoms with Gasteiger partial charge in [0.05, 0.1) is 0 Å². The summed E-state index contributed by atoms with van der Waals surface area (Å²) in [4.78, 5) is 32.5. The molecule has 7 heteroatoms. The average Bonchev–Trinajstić information content (AvgIpc) is 2.77. The van der Waals surface area contributed by atoms with Crippen molar-refractivity contribution in [3.05, 3.63) is 54.9 Å². The van der Waals surface area contributed by atoms with Crippen LogP contribution in [0.1, 0.15) is 13.8 Å². The Bertz CT molecular complexity index is 790. The van der Waals surface area contributed by atoms with E-state index in [1.54, 1.807) is 12.1 Å². The summed E-state index contributed by atoms with van der Waals surface area (Å²) in [5, 5.41) is 2.85. The second kappa shape index (κ2) is 9.91. The van der Waals surface area contributed by atoms with Crippen LogP contribution in [0.25, 0.3) is 0 Å². The highest BCUT2D eigenvalue weighted by atomic mass is 16.5. The van der Waals surface area contributed by atoms with Crippen molar-refractivity contribution < 1.29 is 19.3 Å². The van der Waals surface area contributed by atoms with Crippen molar-refractivity contribution in [1.82, 2.24) is 10.2 Å². The molecule has 1 atom stereocenters. The minimum Gasteiger partial charge on any atom is -0.484 e. The molecule has 1 aliphatic heterocycles. The maximum Gasteiger partial charge on any atom is 0.258 e. The molecule has 154 valence electrons. The molecule has 7 nitrogen and oxygen atoms in total. The second-order valence-electron chi connectivity index (χ2n) is 7.46. The molecule has 0 spiro atoms. The van der Waals surface area contributed by atoms with Gasteiger partial charge in [-0.25, -0.2) is 4.98 Å². The van der Waals surface area contributed by atoms with E-state index in [0.717, 1.165) is 18.8 Å². The number of carbonyl (C=O) groups is 2. The monoisotopic (exact) mass is 397 g/mol. The summed E-state index contributed by atoms with van der Waals surface area (Å²) in [7, 11) is 0. The number of hydrogen-bond donors (Lipinski definition) is 1. The van der Waals surface area contributed by atoms with Crippen LogP contribution in [0.5, 0.6) is 5.75 Å². The van der Waals surface area contributed by atoms with Crippen LogP contribution >= 0.6 is 0 Å². The second-order valence-corrected chi connectivity index (χ2v) is 7.46. The third-order valence-electron chi connectivity index (χ3n) is 5.02. The number of rotatable bonds is 7. The molecule has 1 fully saturated rings. The molecule has 3 rings (SSSR count). The quantitative estimate of drug-likeness (QED) is 0.766. The summed E-state index contributed by atoms with van der Waals surface area (Å²) in [5.74, 6) is 0.296. The first-order chi connectivity index (χ1) is 14.0. The summed E-state index contributed by atoms with van der Waals surface area (Å²) in [6.45, 7) is 6.58. The van der Waals surface area contributed by atoms with Crippen LogP contribution in [0, 0.1) is 5.92 Å². The lowest BCUT2D eigenvalue weighted by atomic mass is 10.0. The SMILES string of the molecule is CC(C)[C@H](NC(=O)COc1ccccc1)C(=O)N1CCN(c2cc[nH+]cc2)CC1. The van der Waals surface area contributed by atoms with Gasteiger partial charge in [-0.05, 0) is 18.1 Å². The largest absolute Gasteiger partial charge is 0.484 e. The first-order valence-corrected chi connectivity index (χ1v) is 10.0. The molecular weight excluding hydrogens is 368 g/mol. The number of aromatic nitrogens is 1. The molecule has 0 unspecified atom stereocenters. The van der Waals surface area contributed by atoms with Gasteiger partial charge in [0.1, 0.15) is 11.8 Å². The molecule has 29 heavy (non-hydrogen) atoms. The Kier molecular flexibility index (Phi) is 7.05. The summed E-state index contributed by atoms with van der Waals surface area (Å²) >= 11 is 0. The van der Waals surface area contributed by atoms with Gasteiger partial charge in [-0.15, -0.1) is 0 Å². The van der Waals surface area contributed by atoms with Gasteiger partial charge < -0.3 is 19.9 Å². The number of hydrogen-bond acceptors (Lipinski definition) is 4. The van der Waals surface area contributed by atoms with Crippen LogP contribution in [-0.4, -0.2) is 55.5 Å². The third kappa shape index (κ3) is 5.70. The predicted octanol–water partition coefficient (Wildman–Crippen LogP) is 1.37. The number of benzene rings is 1. The van der Waals surface area contributed by atoms with Crippen LogP contribution in [0.15, 0.2) is 54.9 Å². The lowest BCUT2D eigenvalue weighted by molar-refractivity contribution is -0.377. The smallest absolute Gasteiger partial charge is 0.258 e. The Morgan fingerprint density at radius 1 is 1.03 bits per heavy atom. The maximum absolute atomic E-state index is 13.0. The number of carbonyl (C=O) groups excluding carboxylic acids is 2. The van der Waals surface area contributed by atoms with Gasteiger partial charge >= 0.3 is 0 Å². The number of ether oxygens (including phenoxy) is 1. The van der Waals surface area contributed by atoms with E-state index in [9.17, 15) is 9.59 Å². The number of H-pyrrole nitrogens is 1. The first kappa shape index (κ1) is 20.6. The minimum atomic E-state index is -0.556. The number of amides is 2. The van der Waals surface area contributed by atoms with Crippen LogP contribution in [0.4, 0.5) is 5.69 Å². The molecule has 0 radical (unpaired) electrons. The molecule has 2 N–H and O–H groups in total. The van der Waals surface area contributed by atoms with Gasteiger partial charge in [0, 0.05) is 44.0 Å². The van der Waals surface area contributed by atoms with Gasteiger partial charge in [-0.3, -0.25) is 9.59 Å². The molecule has 1 aromatic heterocycles. The maximum atomic E-state index is 13.0. The summed E-state index contributed by atoms with van der Waals surface area (Å²) in [6, 6.07) is 12.7. The fourth-order valence-electron chi connectivity index (χ4n) is 3.36. The van der Waals surface area contributed by atoms with Crippen molar-refractivity contribution in [2.24, 2.45) is 5.92 Å². The molecule has 2 amide bonds. The van der Waals surface area contributed by atoms with E-state index in [2.05, 4.69) is 15.2 Å². The van der Waals surface area contributed by atoms with E-state index in [1.165, 1.54) is 0 Å². The number of nitrogens with one attached hydrogen (secondary N) is 2. The van der Waals surface area contributed by atoms with Crippen molar-refractivity contribution in [3.8, 4) is 5.75 Å². The zero-order chi connectivity index (χ0) is 20.6. The van der Waals surface area contributed by atoms with Crippen LogP contribution in [0.3, 0.4) is 0 Å². The summed E-state index contributed by atoms with van der Waals surface area (Å²) in [6.07, 6.45) is 3.80. The zero-order valence-electron chi connectivity index (χ0n) is 17.0. The van der Waals surface area contributed by atoms with E-state index in [0.29, 0.717) is 18.8 Å². The number of anilines is 1. The molecule has 1 aliphatic rings. The van der Waals surface area contributed by atoms with Crippen molar-refractivity contribution >= 4 is 17.5 Å². The Labute approximate surface area is 171 Å². The van der Waals surface area contributed by atoms with Crippen LogP contribution in [-0.2, 0) is 9.59 Å². The minimum absolute atomic E-state index is 0.00846. The van der Waals surface area contributed by atoms with Crippen LogP contribution < -0.4 is 19.9 Å². The highest BCUT2D eigenvalue weighted by Crippen LogP contribution is 2.16. The van der Waals surface area contributed by atoms with Crippen molar-refractivity contribution in [2.45, 2.75) is 19.9 Å². The molecule has 2 heterocycles. The van der Waals surface area contributed by atoms with Crippen molar-refractivity contribution in [1.29, 1.82) is 0 Å². The predicted molar refractivity (Wildman–Crippen MR) is 110 cm³/mol. The summed E-state index contributed by atoms with van der Waals surface area (Å²) in [5.41, 5.74) is 1.14. The number of pyridine rings is 1. The first-order valence-electron chi connectivity index (χ1n) is 10.0. The average molecular weight is 397 g/mol. The number of para-hydroxylation sites is 1. The Hall–Kier alpha value is -3.09. The molecule has 0 saturated carbocycles. The fraction of sp³-hybridized carbons (Fsp3) is 0.409. The Morgan fingerprint density at radius 3 is 2.31 bits per heavy atom. The fourth-order valence-corrected chi connectivity index (χ4v) is 3.36. The van der Waals surface area contributed by atoms with Crippen molar-refractivity contribution in [3.63, 3.8) is 0 Å². The number of nitrogens with zero attached hydrogens (tertiary/aromatic N) is 2. The topological polar surface area (TPSA) is 76.0 Å². The van der Waals surface area contributed by atoms with E-state index >= 15 is 0 Å². The van der Waals surface area contributed by atoms with E-state index in [1.807, 2.05) is 61.5 Å². The normalized spacial score (nSPS) is 15.1. The standard InChI is InChI=1S/C22H28N4O3/c1-17(2)21(24-20(27)16-29-19-6-4-3-5-7-19)22(28)26-14-12-25(13-15-26)18-8-10-23-11-9-18/h3-11,17,21H,12-16H2,1-2H3,(H,24,27)/p+1/t21-/m0/s1. The summed E-state index contributed by atoms with van der Waals surface area (Å²) < 4.78 is 5.49. The highest BCUT2D eigenvalue weighted by Gasteiger charge is 2.30. The lowest BCUT2D eigenvalue weighted by Gasteiger charge is -2.38. The van der Waals surface area contributed by atoms with Gasteiger partial charge in [0.2, 0.25) is 5.91 Å².